The van der Waals surface area contributed by atoms with Gasteiger partial charge in [0.1, 0.15) is 0 Å². The molecule has 0 saturated carbocycles. The third-order valence-electron chi connectivity index (χ3n) is 1.31. The van der Waals surface area contributed by atoms with E-state index < -0.39 is 11.7 Å². The van der Waals surface area contributed by atoms with Crippen molar-refractivity contribution in [3.8, 4) is 0 Å². The Bertz CT molecular complexity index is 277. The quantitative estimate of drug-likeness (QED) is 0.712. The Hall–Kier alpha value is -0.680. The fourth-order valence-electron chi connectivity index (χ4n) is 0.761. The van der Waals surface area contributed by atoms with E-state index in [1.165, 1.54) is 18.2 Å². The molecule has 0 N–H and O–H groups in total. The number of thiol groups is 1. The highest BCUT2D eigenvalue weighted by molar-refractivity contribution is 7.80. The van der Waals surface area contributed by atoms with Gasteiger partial charge in [-0.3, -0.25) is 0 Å². The topological polar surface area (TPSA) is 9.23 Å². The summed E-state index contributed by atoms with van der Waals surface area (Å²) < 4.78 is 36.4. The van der Waals surface area contributed by atoms with E-state index in [-0.39, 0.29) is 4.90 Å². The fraction of sp³-hybridized carbons (Fsp3) is 0.143. The maximum atomic E-state index is 12.5. The molecule has 1 aromatic rings. The van der Waals surface area contributed by atoms with Crippen LogP contribution >= 0.6 is 12.6 Å². The minimum Gasteiger partial charge on any atom is -0.168 e. The predicted octanol–water partition coefficient (Wildman–Crippen LogP) is 2.93. The zero-order chi connectivity index (χ0) is 9.19. The normalized spacial score (nSPS) is 11.7. The van der Waals surface area contributed by atoms with E-state index >= 15 is 0 Å². The summed E-state index contributed by atoms with van der Waals surface area (Å²) >= 11 is 3.72. The fourth-order valence-corrected chi connectivity index (χ4v) is 1.05. The van der Waals surface area contributed by atoms with Gasteiger partial charge < -0.3 is 0 Å². The lowest BCUT2D eigenvalue weighted by molar-refractivity contribution is -0.365. The van der Waals surface area contributed by atoms with Crippen molar-refractivity contribution in [2.24, 2.45) is 0 Å². The molecule has 0 saturated heterocycles. The van der Waals surface area contributed by atoms with Crippen molar-refractivity contribution < 1.29 is 18.2 Å². The number of benzene rings is 1. The summed E-state index contributed by atoms with van der Waals surface area (Å²) in [6.45, 7) is 0. The summed E-state index contributed by atoms with van der Waals surface area (Å²) in [6.07, 6.45) is -3.92. The number of hydrogen-bond acceptors (Lipinski definition) is 2. The minimum absolute atomic E-state index is 0.0137. The van der Waals surface area contributed by atoms with Gasteiger partial charge >= 0.3 is 6.11 Å². The second-order valence-corrected chi connectivity index (χ2v) is 2.59. The molecule has 1 rings (SSSR count). The van der Waals surface area contributed by atoms with Crippen LogP contribution in [0.5, 0.6) is 0 Å². The largest absolute Gasteiger partial charge is 0.414 e. The zero-order valence-electron chi connectivity index (χ0n) is 5.80. The van der Waals surface area contributed by atoms with Gasteiger partial charge in [-0.2, -0.15) is 8.78 Å². The molecule has 0 atom stereocenters. The third-order valence-corrected chi connectivity index (χ3v) is 1.70. The van der Waals surface area contributed by atoms with E-state index in [1.807, 2.05) is 0 Å². The van der Waals surface area contributed by atoms with Crippen LogP contribution in [-0.4, -0.2) is 0 Å². The van der Waals surface area contributed by atoms with Crippen LogP contribution in [0.3, 0.4) is 0 Å². The van der Waals surface area contributed by atoms with Gasteiger partial charge in [-0.05, 0) is 16.7 Å². The first-order chi connectivity index (χ1) is 5.58. The standard InChI is InChI=1S/C7H5F3OS/c8-7(9,11-10)5-3-1-2-4-6(5)12/h1-4,12H. The number of hydrogen-bond donors (Lipinski definition) is 1. The maximum Gasteiger partial charge on any atom is 0.414 e. The van der Waals surface area contributed by atoms with E-state index in [4.69, 9.17) is 0 Å². The highest BCUT2D eigenvalue weighted by Gasteiger charge is 2.35. The first-order valence-corrected chi connectivity index (χ1v) is 3.48. The lowest BCUT2D eigenvalue weighted by Crippen LogP contribution is -2.14. The SMILES string of the molecule is FOC(F)(F)c1ccccc1S. The van der Waals surface area contributed by atoms with Crippen molar-refractivity contribution in [1.29, 1.82) is 0 Å². The molecular weight excluding hydrogens is 189 g/mol. The smallest absolute Gasteiger partial charge is 0.168 e. The highest BCUT2D eigenvalue weighted by atomic mass is 32.1. The summed E-state index contributed by atoms with van der Waals surface area (Å²) in [4.78, 5) is 2.51. The van der Waals surface area contributed by atoms with E-state index in [0.29, 0.717) is 0 Å². The molecule has 66 valence electrons. The molecule has 0 radical (unpaired) electrons. The van der Waals surface area contributed by atoms with Crippen molar-refractivity contribution in [3.05, 3.63) is 29.8 Å². The van der Waals surface area contributed by atoms with Crippen molar-refractivity contribution in [1.82, 2.24) is 0 Å². The molecule has 12 heavy (non-hydrogen) atoms. The average Bonchev–Trinajstić information content (AvgIpc) is 2.05. The second kappa shape index (κ2) is 3.37. The molecule has 0 heterocycles. The van der Waals surface area contributed by atoms with Gasteiger partial charge in [-0.1, -0.05) is 12.1 Å². The molecule has 5 heteroatoms. The zero-order valence-corrected chi connectivity index (χ0v) is 6.69. The highest BCUT2D eigenvalue weighted by Crippen LogP contribution is 2.33. The Morgan fingerprint density at radius 3 is 2.33 bits per heavy atom. The molecule has 1 aromatic carbocycles. The van der Waals surface area contributed by atoms with Crippen molar-refractivity contribution >= 4 is 12.6 Å². The molecule has 0 aliphatic carbocycles. The van der Waals surface area contributed by atoms with Gasteiger partial charge in [0, 0.05) is 4.90 Å². The van der Waals surface area contributed by atoms with Crippen LogP contribution in [0, 0.1) is 0 Å². The number of rotatable bonds is 2. The lowest BCUT2D eigenvalue weighted by atomic mass is 10.2. The number of alkyl halides is 2. The molecule has 0 fully saturated rings. The van der Waals surface area contributed by atoms with Crippen molar-refractivity contribution in [2.45, 2.75) is 11.0 Å². The van der Waals surface area contributed by atoms with Crippen LogP contribution in [0.1, 0.15) is 5.56 Å². The molecular formula is C7H5F3OS. The van der Waals surface area contributed by atoms with E-state index in [9.17, 15) is 13.3 Å². The molecule has 0 aromatic heterocycles. The molecule has 0 aliphatic rings. The van der Waals surface area contributed by atoms with Crippen molar-refractivity contribution in [2.75, 3.05) is 0 Å². The Labute approximate surface area is 72.5 Å². The van der Waals surface area contributed by atoms with Gasteiger partial charge in [0.15, 0.2) is 0 Å². The van der Waals surface area contributed by atoms with Crippen molar-refractivity contribution in [3.63, 3.8) is 0 Å². The van der Waals surface area contributed by atoms with Gasteiger partial charge in [0.2, 0.25) is 0 Å². The second-order valence-electron chi connectivity index (χ2n) is 2.11. The first kappa shape index (κ1) is 9.41. The van der Waals surface area contributed by atoms with E-state index in [1.54, 1.807) is 0 Å². The molecule has 1 nitrogen and oxygen atoms in total. The lowest BCUT2D eigenvalue weighted by Gasteiger charge is -2.11. The maximum absolute atomic E-state index is 12.5. The summed E-state index contributed by atoms with van der Waals surface area (Å²) in [5.41, 5.74) is -0.587. The van der Waals surface area contributed by atoms with Gasteiger partial charge in [-0.15, -0.1) is 17.6 Å². The first-order valence-electron chi connectivity index (χ1n) is 3.04. The Kier molecular flexibility index (Phi) is 2.64. The van der Waals surface area contributed by atoms with E-state index in [0.717, 1.165) is 6.07 Å². The van der Waals surface area contributed by atoms with Gasteiger partial charge in [-0.25, -0.2) is 0 Å². The van der Waals surface area contributed by atoms with E-state index in [2.05, 4.69) is 17.6 Å². The minimum atomic E-state index is -3.92. The Morgan fingerprint density at radius 1 is 1.25 bits per heavy atom. The molecule has 0 spiro atoms. The molecule has 0 unspecified atom stereocenters. The Morgan fingerprint density at radius 2 is 1.83 bits per heavy atom. The van der Waals surface area contributed by atoms with Crippen LogP contribution in [0.25, 0.3) is 0 Å². The predicted molar refractivity (Wildman–Crippen MR) is 39.8 cm³/mol. The van der Waals surface area contributed by atoms with Crippen LogP contribution in [0.15, 0.2) is 29.2 Å². The van der Waals surface area contributed by atoms with Crippen LogP contribution in [0.2, 0.25) is 0 Å². The van der Waals surface area contributed by atoms with Crippen LogP contribution in [-0.2, 0) is 11.1 Å². The van der Waals surface area contributed by atoms with Crippen LogP contribution < -0.4 is 0 Å². The third kappa shape index (κ3) is 1.73. The summed E-state index contributed by atoms with van der Waals surface area (Å²) in [6, 6.07) is 5.23. The molecule has 0 bridgehead atoms. The van der Waals surface area contributed by atoms with Gasteiger partial charge in [0.05, 0.1) is 5.56 Å². The molecule has 0 aliphatic heterocycles. The van der Waals surface area contributed by atoms with Crippen LogP contribution in [0.4, 0.5) is 13.3 Å². The summed E-state index contributed by atoms with van der Waals surface area (Å²) in [7, 11) is 0. The summed E-state index contributed by atoms with van der Waals surface area (Å²) in [5, 5.41) is 0. The molecule has 0 amide bonds. The summed E-state index contributed by atoms with van der Waals surface area (Å²) in [5.74, 6) is 0. The Balaban J connectivity index is 3.10. The van der Waals surface area contributed by atoms with Gasteiger partial charge in [0.25, 0.3) is 0 Å². The average molecular weight is 194 g/mol. The number of halogens is 3. The monoisotopic (exact) mass is 194 g/mol.